The zero-order valence-corrected chi connectivity index (χ0v) is 16.7. The number of aliphatic hydroxyl groups is 2. The van der Waals surface area contributed by atoms with Crippen molar-refractivity contribution < 1.29 is 29.3 Å². The van der Waals surface area contributed by atoms with Gasteiger partial charge in [0.15, 0.2) is 0 Å². The third-order valence-electron chi connectivity index (χ3n) is 3.33. The highest BCUT2D eigenvalue weighted by atomic mass is 16.6. The quantitative estimate of drug-likeness (QED) is 0.738. The molecular weight excluding hydrogens is 360 g/mol. The molecule has 6 nitrogen and oxygen atoms in total. The number of carbonyl (C=O) groups is 2. The molecule has 0 heterocycles. The zero-order chi connectivity index (χ0) is 21.2. The van der Waals surface area contributed by atoms with Crippen LogP contribution in [-0.2, 0) is 9.47 Å². The number of rotatable bonds is 6. The summed E-state index contributed by atoms with van der Waals surface area (Å²) in [5.41, 5.74) is -0.880. The predicted molar refractivity (Wildman–Crippen MR) is 106 cm³/mol. The fourth-order valence-electron chi connectivity index (χ4n) is 1.81. The van der Waals surface area contributed by atoms with Crippen molar-refractivity contribution in [3.63, 3.8) is 0 Å². The van der Waals surface area contributed by atoms with Crippen LogP contribution in [0.1, 0.15) is 48.4 Å². The maximum atomic E-state index is 12.0. The molecule has 2 N–H and O–H groups in total. The van der Waals surface area contributed by atoms with Crippen LogP contribution in [0.2, 0.25) is 0 Å². The Balaban J connectivity index is 0.000000568. The van der Waals surface area contributed by atoms with E-state index in [1.807, 2.05) is 12.1 Å². The average Bonchev–Trinajstić information content (AvgIpc) is 2.67. The van der Waals surface area contributed by atoms with Gasteiger partial charge in [0.05, 0.1) is 23.3 Å². The average molecular weight is 388 g/mol. The van der Waals surface area contributed by atoms with Crippen molar-refractivity contribution >= 4 is 11.9 Å². The Bertz CT molecular complexity index is 733. The van der Waals surface area contributed by atoms with Crippen molar-refractivity contribution in [1.29, 1.82) is 0 Å². The number of esters is 2. The summed E-state index contributed by atoms with van der Waals surface area (Å²) in [7, 11) is 0. The van der Waals surface area contributed by atoms with Crippen LogP contribution in [0, 0.1) is 0 Å². The lowest BCUT2D eigenvalue weighted by Gasteiger charge is -2.24. The third-order valence-corrected chi connectivity index (χ3v) is 3.33. The van der Waals surface area contributed by atoms with Gasteiger partial charge in [0.1, 0.15) is 12.2 Å². The molecule has 0 aliphatic heterocycles. The summed E-state index contributed by atoms with van der Waals surface area (Å²) >= 11 is 0. The number of aliphatic hydroxyl groups excluding tert-OH is 1. The molecule has 0 bridgehead atoms. The summed E-state index contributed by atoms with van der Waals surface area (Å²) in [5.74, 6) is -0.884. The van der Waals surface area contributed by atoms with Gasteiger partial charge in [0.25, 0.3) is 0 Å². The number of ether oxygens (including phenoxy) is 2. The van der Waals surface area contributed by atoms with Crippen LogP contribution >= 0.6 is 0 Å². The first-order valence-corrected chi connectivity index (χ1v) is 8.88. The second-order valence-corrected chi connectivity index (χ2v) is 7.43. The Kier molecular flexibility index (Phi) is 8.82. The van der Waals surface area contributed by atoms with Gasteiger partial charge in [-0.2, -0.15) is 0 Å². The van der Waals surface area contributed by atoms with E-state index in [0.29, 0.717) is 11.1 Å². The van der Waals surface area contributed by atoms with Crippen LogP contribution in [0.4, 0.5) is 0 Å². The van der Waals surface area contributed by atoms with Gasteiger partial charge in [-0.1, -0.05) is 36.4 Å². The van der Waals surface area contributed by atoms with E-state index in [9.17, 15) is 9.59 Å². The summed E-state index contributed by atoms with van der Waals surface area (Å²) in [6.07, 6.45) is 0. The van der Waals surface area contributed by atoms with Crippen LogP contribution in [0.3, 0.4) is 0 Å². The first-order valence-electron chi connectivity index (χ1n) is 8.88. The number of hydrogen-bond donors (Lipinski definition) is 2. The van der Waals surface area contributed by atoms with E-state index in [2.05, 4.69) is 0 Å². The molecule has 2 aromatic rings. The van der Waals surface area contributed by atoms with Crippen molar-refractivity contribution in [2.45, 2.75) is 38.9 Å². The molecule has 0 aromatic heterocycles. The summed E-state index contributed by atoms with van der Waals surface area (Å²) in [4.78, 5) is 23.9. The molecule has 152 valence electrons. The SMILES string of the molecule is CC(C)(COC(=O)c1ccccc1)OC(=O)c1ccccc1.CC(C)(O)CO. The fraction of sp³-hybridized carbons (Fsp3) is 0.364. The van der Waals surface area contributed by atoms with E-state index >= 15 is 0 Å². The van der Waals surface area contributed by atoms with Crippen molar-refractivity contribution in [3.05, 3.63) is 71.8 Å². The first kappa shape index (κ1) is 23.3. The van der Waals surface area contributed by atoms with Gasteiger partial charge < -0.3 is 19.7 Å². The molecule has 2 rings (SSSR count). The zero-order valence-electron chi connectivity index (χ0n) is 16.7. The van der Waals surface area contributed by atoms with Crippen molar-refractivity contribution in [2.24, 2.45) is 0 Å². The molecule has 0 amide bonds. The second kappa shape index (κ2) is 10.6. The standard InChI is InChI=1S/C18H18O4.C4H10O2/c1-18(2,22-17(20)15-11-7-4-8-12-15)13-21-16(19)14-9-5-3-6-10-14;1-4(2,6)3-5/h3-12H,13H2,1-2H3;5-6H,3H2,1-2H3. The minimum absolute atomic E-state index is 0.0146. The summed E-state index contributed by atoms with van der Waals surface area (Å²) in [6.45, 7) is 6.31. The Hall–Kier alpha value is -2.70. The van der Waals surface area contributed by atoms with E-state index in [1.165, 1.54) is 0 Å². The molecule has 0 fully saturated rings. The van der Waals surface area contributed by atoms with Gasteiger partial charge in [-0.25, -0.2) is 9.59 Å². The molecule has 0 spiro atoms. The Labute approximate surface area is 165 Å². The summed E-state index contributed by atoms with van der Waals surface area (Å²) < 4.78 is 10.6. The van der Waals surface area contributed by atoms with Gasteiger partial charge in [0, 0.05) is 0 Å². The minimum atomic E-state index is -0.905. The van der Waals surface area contributed by atoms with E-state index in [-0.39, 0.29) is 13.2 Å². The molecular formula is C22H28O6. The molecule has 28 heavy (non-hydrogen) atoms. The van der Waals surface area contributed by atoms with Crippen LogP contribution in [-0.4, -0.2) is 46.6 Å². The molecule has 0 aliphatic carbocycles. The molecule has 0 saturated heterocycles. The lowest BCUT2D eigenvalue weighted by atomic mass is 10.1. The highest BCUT2D eigenvalue weighted by Crippen LogP contribution is 2.15. The Morgan fingerprint density at radius 3 is 1.61 bits per heavy atom. The monoisotopic (exact) mass is 388 g/mol. The third kappa shape index (κ3) is 9.30. The molecule has 0 radical (unpaired) electrons. The van der Waals surface area contributed by atoms with E-state index in [1.54, 1.807) is 76.2 Å². The van der Waals surface area contributed by atoms with Crippen molar-refractivity contribution in [1.82, 2.24) is 0 Å². The Morgan fingerprint density at radius 2 is 1.21 bits per heavy atom. The smallest absolute Gasteiger partial charge is 0.338 e. The fourth-order valence-corrected chi connectivity index (χ4v) is 1.81. The number of hydrogen-bond acceptors (Lipinski definition) is 6. The largest absolute Gasteiger partial charge is 0.458 e. The predicted octanol–water partition coefficient (Wildman–Crippen LogP) is 3.23. The lowest BCUT2D eigenvalue weighted by Crippen LogP contribution is -2.34. The van der Waals surface area contributed by atoms with Crippen LogP contribution in [0.15, 0.2) is 60.7 Å². The van der Waals surface area contributed by atoms with Gasteiger partial charge >= 0.3 is 11.9 Å². The maximum absolute atomic E-state index is 12.0. The van der Waals surface area contributed by atoms with Gasteiger partial charge in [-0.05, 0) is 52.0 Å². The van der Waals surface area contributed by atoms with Crippen LogP contribution in [0.5, 0.6) is 0 Å². The normalized spacial score (nSPS) is 11.1. The molecule has 0 unspecified atom stereocenters. The van der Waals surface area contributed by atoms with Gasteiger partial charge in [0.2, 0.25) is 0 Å². The van der Waals surface area contributed by atoms with Crippen LogP contribution < -0.4 is 0 Å². The molecule has 0 atom stereocenters. The minimum Gasteiger partial charge on any atom is -0.458 e. The molecule has 0 saturated carbocycles. The summed E-state index contributed by atoms with van der Waals surface area (Å²) in [5, 5.41) is 16.7. The van der Waals surface area contributed by atoms with E-state index in [4.69, 9.17) is 19.7 Å². The first-order chi connectivity index (χ1) is 13.0. The topological polar surface area (TPSA) is 93.1 Å². The van der Waals surface area contributed by atoms with E-state index in [0.717, 1.165) is 0 Å². The highest BCUT2D eigenvalue weighted by Gasteiger charge is 2.26. The Morgan fingerprint density at radius 1 is 0.821 bits per heavy atom. The maximum Gasteiger partial charge on any atom is 0.338 e. The molecule has 6 heteroatoms. The summed E-state index contributed by atoms with van der Waals surface area (Å²) in [6, 6.07) is 17.4. The van der Waals surface area contributed by atoms with E-state index < -0.39 is 23.1 Å². The van der Waals surface area contributed by atoms with Gasteiger partial charge in [-0.15, -0.1) is 0 Å². The second-order valence-electron chi connectivity index (χ2n) is 7.43. The lowest BCUT2D eigenvalue weighted by molar-refractivity contribution is -0.0370. The van der Waals surface area contributed by atoms with Crippen molar-refractivity contribution in [2.75, 3.05) is 13.2 Å². The highest BCUT2D eigenvalue weighted by molar-refractivity contribution is 5.90. The van der Waals surface area contributed by atoms with Crippen molar-refractivity contribution in [3.8, 4) is 0 Å². The number of benzene rings is 2. The molecule has 0 aliphatic rings. The van der Waals surface area contributed by atoms with Gasteiger partial charge in [-0.3, -0.25) is 0 Å². The van der Waals surface area contributed by atoms with Crippen LogP contribution in [0.25, 0.3) is 0 Å². The number of carbonyl (C=O) groups excluding carboxylic acids is 2. The molecule has 2 aromatic carbocycles.